The molecule has 3 nitrogen and oxygen atoms in total. The standard InChI is InChI=1S/C15H17N3S/c19-15-12-4-2-1-3-5-13(12)17-14(18-15)10-11-6-8-16-9-7-11/h6-9H,1-5,10H2,(H,17,18,19). The zero-order valence-electron chi connectivity index (χ0n) is 10.9. The highest BCUT2D eigenvalue weighted by molar-refractivity contribution is 7.71. The third-order valence-corrected chi connectivity index (χ3v) is 3.97. The second-order valence-corrected chi connectivity index (χ2v) is 5.43. The summed E-state index contributed by atoms with van der Waals surface area (Å²) in [5, 5.41) is 0. The van der Waals surface area contributed by atoms with E-state index in [4.69, 9.17) is 12.2 Å². The molecule has 0 amide bonds. The van der Waals surface area contributed by atoms with E-state index in [0.717, 1.165) is 29.7 Å². The highest BCUT2D eigenvalue weighted by Crippen LogP contribution is 2.20. The van der Waals surface area contributed by atoms with Crippen LogP contribution in [0.3, 0.4) is 0 Å². The minimum atomic E-state index is 0.791. The highest BCUT2D eigenvalue weighted by atomic mass is 32.1. The molecule has 0 bridgehead atoms. The smallest absolute Gasteiger partial charge is 0.133 e. The first kappa shape index (κ1) is 12.5. The average molecular weight is 271 g/mol. The number of fused-ring (bicyclic) bond motifs is 1. The van der Waals surface area contributed by atoms with Gasteiger partial charge in [0.1, 0.15) is 10.5 Å². The molecule has 0 saturated carbocycles. The van der Waals surface area contributed by atoms with Gasteiger partial charge in [-0.05, 0) is 43.4 Å². The molecule has 1 N–H and O–H groups in total. The first-order valence-corrected chi connectivity index (χ1v) is 7.23. The van der Waals surface area contributed by atoms with Crippen LogP contribution in [0.1, 0.15) is 41.9 Å². The molecule has 0 saturated heterocycles. The van der Waals surface area contributed by atoms with Crippen LogP contribution < -0.4 is 0 Å². The van der Waals surface area contributed by atoms with Crippen molar-refractivity contribution in [1.29, 1.82) is 0 Å². The summed E-state index contributed by atoms with van der Waals surface area (Å²) in [6.45, 7) is 0. The van der Waals surface area contributed by atoms with Crippen LogP contribution in [-0.4, -0.2) is 15.0 Å². The molecule has 98 valence electrons. The first-order chi connectivity index (χ1) is 9.33. The van der Waals surface area contributed by atoms with Crippen LogP contribution >= 0.6 is 12.2 Å². The van der Waals surface area contributed by atoms with Crippen molar-refractivity contribution in [3.05, 3.63) is 51.8 Å². The van der Waals surface area contributed by atoms with E-state index in [-0.39, 0.29) is 0 Å². The summed E-state index contributed by atoms with van der Waals surface area (Å²) in [5.41, 5.74) is 3.79. The number of aryl methyl sites for hydroxylation is 1. The summed E-state index contributed by atoms with van der Waals surface area (Å²) in [7, 11) is 0. The van der Waals surface area contributed by atoms with Crippen molar-refractivity contribution in [2.45, 2.75) is 38.5 Å². The second kappa shape index (κ2) is 5.61. The fraction of sp³-hybridized carbons (Fsp3) is 0.400. The lowest BCUT2D eigenvalue weighted by molar-refractivity contribution is 0.708. The van der Waals surface area contributed by atoms with Crippen LogP contribution in [0.5, 0.6) is 0 Å². The number of nitrogens with zero attached hydrogens (tertiary/aromatic N) is 2. The van der Waals surface area contributed by atoms with E-state index in [2.05, 4.69) is 15.0 Å². The van der Waals surface area contributed by atoms with Crippen molar-refractivity contribution >= 4 is 12.2 Å². The minimum absolute atomic E-state index is 0.791. The summed E-state index contributed by atoms with van der Waals surface area (Å²) in [4.78, 5) is 12.1. The summed E-state index contributed by atoms with van der Waals surface area (Å²) in [6.07, 6.45) is 10.4. The van der Waals surface area contributed by atoms with Crippen LogP contribution in [0.2, 0.25) is 0 Å². The maximum atomic E-state index is 5.46. The Hall–Kier alpha value is -1.55. The zero-order chi connectivity index (χ0) is 13.1. The van der Waals surface area contributed by atoms with Gasteiger partial charge in [0.15, 0.2) is 0 Å². The normalized spacial score (nSPS) is 14.7. The van der Waals surface area contributed by atoms with Gasteiger partial charge >= 0.3 is 0 Å². The summed E-state index contributed by atoms with van der Waals surface area (Å²) in [5.74, 6) is 0.969. The molecule has 19 heavy (non-hydrogen) atoms. The number of rotatable bonds is 2. The van der Waals surface area contributed by atoms with Crippen LogP contribution in [0.25, 0.3) is 0 Å². The molecule has 2 aromatic heterocycles. The van der Waals surface area contributed by atoms with Gasteiger partial charge in [-0.25, -0.2) is 4.98 Å². The van der Waals surface area contributed by atoms with Crippen molar-refractivity contribution in [3.8, 4) is 0 Å². The van der Waals surface area contributed by atoms with E-state index >= 15 is 0 Å². The van der Waals surface area contributed by atoms with Crippen LogP contribution in [-0.2, 0) is 19.3 Å². The molecule has 1 aliphatic carbocycles. The summed E-state index contributed by atoms with van der Waals surface area (Å²) in [6, 6.07) is 4.04. The Morgan fingerprint density at radius 3 is 2.74 bits per heavy atom. The minimum Gasteiger partial charge on any atom is -0.347 e. The third kappa shape index (κ3) is 2.89. The molecule has 1 aliphatic rings. The maximum absolute atomic E-state index is 5.46. The average Bonchev–Trinajstić information content (AvgIpc) is 2.65. The van der Waals surface area contributed by atoms with E-state index in [9.17, 15) is 0 Å². The topological polar surface area (TPSA) is 41.6 Å². The Balaban J connectivity index is 1.93. The van der Waals surface area contributed by atoms with Gasteiger partial charge in [0.25, 0.3) is 0 Å². The second-order valence-electron chi connectivity index (χ2n) is 5.04. The van der Waals surface area contributed by atoms with E-state index < -0.39 is 0 Å². The summed E-state index contributed by atoms with van der Waals surface area (Å²) < 4.78 is 0.791. The molecule has 0 fully saturated rings. The van der Waals surface area contributed by atoms with Gasteiger partial charge < -0.3 is 4.98 Å². The zero-order valence-corrected chi connectivity index (χ0v) is 11.7. The molecule has 0 aliphatic heterocycles. The lowest BCUT2D eigenvalue weighted by Crippen LogP contribution is -2.05. The molecule has 0 spiro atoms. The quantitative estimate of drug-likeness (QED) is 0.672. The number of aromatic amines is 1. The van der Waals surface area contributed by atoms with Gasteiger partial charge in [0, 0.05) is 30.1 Å². The van der Waals surface area contributed by atoms with Crippen molar-refractivity contribution in [2.24, 2.45) is 0 Å². The van der Waals surface area contributed by atoms with Crippen LogP contribution in [0, 0.1) is 4.64 Å². The van der Waals surface area contributed by atoms with Crippen molar-refractivity contribution in [3.63, 3.8) is 0 Å². The monoisotopic (exact) mass is 271 g/mol. The van der Waals surface area contributed by atoms with Crippen LogP contribution in [0.4, 0.5) is 0 Å². The van der Waals surface area contributed by atoms with Gasteiger partial charge in [-0.2, -0.15) is 0 Å². The largest absolute Gasteiger partial charge is 0.347 e. The fourth-order valence-electron chi connectivity index (χ4n) is 2.63. The Kier molecular flexibility index (Phi) is 3.69. The molecular formula is C15H17N3S. The number of nitrogens with one attached hydrogen (secondary N) is 1. The lowest BCUT2D eigenvalue weighted by atomic mass is 10.1. The molecule has 0 radical (unpaired) electrons. The number of aromatic nitrogens is 3. The van der Waals surface area contributed by atoms with E-state index in [1.807, 2.05) is 24.5 Å². The van der Waals surface area contributed by atoms with Crippen molar-refractivity contribution < 1.29 is 0 Å². The molecule has 3 rings (SSSR count). The lowest BCUT2D eigenvalue weighted by Gasteiger charge is -2.09. The van der Waals surface area contributed by atoms with E-state index in [1.54, 1.807) is 0 Å². The third-order valence-electron chi connectivity index (χ3n) is 3.63. The molecule has 0 unspecified atom stereocenters. The SMILES string of the molecule is S=c1nc(Cc2ccncc2)[nH]c2c1CCCCC2. The Morgan fingerprint density at radius 2 is 1.89 bits per heavy atom. The Labute approximate surface area is 118 Å². The molecule has 0 aromatic carbocycles. The van der Waals surface area contributed by atoms with Crippen molar-refractivity contribution in [2.75, 3.05) is 0 Å². The van der Waals surface area contributed by atoms with Crippen molar-refractivity contribution in [1.82, 2.24) is 15.0 Å². The van der Waals surface area contributed by atoms with Gasteiger partial charge in [0.2, 0.25) is 0 Å². The number of H-pyrrole nitrogens is 1. The van der Waals surface area contributed by atoms with Gasteiger partial charge in [-0.1, -0.05) is 18.6 Å². The van der Waals surface area contributed by atoms with E-state index in [0.29, 0.717) is 0 Å². The van der Waals surface area contributed by atoms with Crippen LogP contribution in [0.15, 0.2) is 24.5 Å². The number of hydrogen-bond acceptors (Lipinski definition) is 3. The fourth-order valence-corrected chi connectivity index (χ4v) is 2.96. The number of hydrogen-bond donors (Lipinski definition) is 1. The molecule has 0 atom stereocenters. The molecule has 2 aromatic rings. The first-order valence-electron chi connectivity index (χ1n) is 6.83. The summed E-state index contributed by atoms with van der Waals surface area (Å²) >= 11 is 5.46. The predicted molar refractivity (Wildman–Crippen MR) is 77.7 cm³/mol. The predicted octanol–water partition coefficient (Wildman–Crippen LogP) is 3.39. The molecular weight excluding hydrogens is 254 g/mol. The van der Waals surface area contributed by atoms with Gasteiger partial charge in [0.05, 0.1) is 0 Å². The van der Waals surface area contributed by atoms with Gasteiger partial charge in [-0.15, -0.1) is 0 Å². The Bertz CT molecular complexity index is 619. The molecule has 2 heterocycles. The molecule has 4 heteroatoms. The van der Waals surface area contributed by atoms with E-state index in [1.165, 1.54) is 36.1 Å². The van der Waals surface area contributed by atoms with Gasteiger partial charge in [-0.3, -0.25) is 4.98 Å². The highest BCUT2D eigenvalue weighted by Gasteiger charge is 2.12. The maximum Gasteiger partial charge on any atom is 0.133 e. The Morgan fingerprint density at radius 1 is 1.11 bits per heavy atom. The number of pyridine rings is 1.